The number of carbonyl (C=O) groups excluding carboxylic acids is 2. The summed E-state index contributed by atoms with van der Waals surface area (Å²) >= 11 is 0. The van der Waals surface area contributed by atoms with Crippen LogP contribution in [0.15, 0.2) is 53.4 Å². The quantitative estimate of drug-likeness (QED) is 0.774. The van der Waals surface area contributed by atoms with Gasteiger partial charge in [-0.1, -0.05) is 24.3 Å². The zero-order valence-corrected chi connectivity index (χ0v) is 15.6. The molecular formula is C18H21N3O4S. The third-order valence-corrected chi connectivity index (χ3v) is 5.47. The number of benzene rings is 2. The molecule has 2 aromatic rings. The molecular weight excluding hydrogens is 354 g/mol. The first-order valence-electron chi connectivity index (χ1n) is 7.87. The summed E-state index contributed by atoms with van der Waals surface area (Å²) in [6, 6.07) is 13.2. The number of anilines is 1. The lowest BCUT2D eigenvalue weighted by Gasteiger charge is -2.12. The highest BCUT2D eigenvalue weighted by atomic mass is 32.2. The molecule has 0 aliphatic heterocycles. The van der Waals surface area contributed by atoms with Gasteiger partial charge in [-0.2, -0.15) is 0 Å². The molecule has 0 spiro atoms. The van der Waals surface area contributed by atoms with Crippen LogP contribution in [0.25, 0.3) is 0 Å². The molecule has 0 unspecified atom stereocenters. The standard InChI is InChI=1S/C18H21N3O4S/c1-13-5-4-6-15(11-13)20-18(23)17(22)19-12-14-7-9-16(10-8-14)26(24,25)21(2)3/h4-11H,12H2,1-3H3,(H,19,22)(H,20,23). The monoisotopic (exact) mass is 375 g/mol. The van der Waals surface area contributed by atoms with E-state index in [1.165, 1.54) is 26.2 Å². The molecule has 138 valence electrons. The molecule has 0 aliphatic carbocycles. The molecule has 8 heteroatoms. The van der Waals surface area contributed by atoms with Crippen molar-refractivity contribution in [3.05, 3.63) is 59.7 Å². The van der Waals surface area contributed by atoms with Crippen LogP contribution in [0.4, 0.5) is 5.69 Å². The van der Waals surface area contributed by atoms with E-state index in [0.29, 0.717) is 11.3 Å². The molecule has 2 aromatic carbocycles. The van der Waals surface area contributed by atoms with E-state index in [1.807, 2.05) is 13.0 Å². The van der Waals surface area contributed by atoms with E-state index in [1.54, 1.807) is 30.3 Å². The fourth-order valence-electron chi connectivity index (χ4n) is 2.16. The molecule has 0 aromatic heterocycles. The van der Waals surface area contributed by atoms with E-state index in [4.69, 9.17) is 0 Å². The van der Waals surface area contributed by atoms with Crippen LogP contribution in [0.5, 0.6) is 0 Å². The van der Waals surface area contributed by atoms with Crippen molar-refractivity contribution in [3.63, 3.8) is 0 Å². The number of aryl methyl sites for hydroxylation is 1. The van der Waals surface area contributed by atoms with Crippen molar-refractivity contribution in [1.82, 2.24) is 9.62 Å². The Balaban J connectivity index is 1.94. The number of sulfonamides is 1. The maximum Gasteiger partial charge on any atom is 0.313 e. The molecule has 0 saturated heterocycles. The maximum absolute atomic E-state index is 12.0. The van der Waals surface area contributed by atoms with E-state index in [0.717, 1.165) is 9.87 Å². The molecule has 2 rings (SSSR count). The Morgan fingerprint density at radius 3 is 2.23 bits per heavy atom. The predicted molar refractivity (Wildman–Crippen MR) is 99.0 cm³/mol. The lowest BCUT2D eigenvalue weighted by atomic mass is 10.2. The molecule has 0 aliphatic rings. The van der Waals surface area contributed by atoms with Gasteiger partial charge in [0.05, 0.1) is 4.90 Å². The highest BCUT2D eigenvalue weighted by Crippen LogP contribution is 2.14. The number of amides is 2. The van der Waals surface area contributed by atoms with Gasteiger partial charge in [-0.25, -0.2) is 12.7 Å². The summed E-state index contributed by atoms with van der Waals surface area (Å²) in [7, 11) is -0.585. The summed E-state index contributed by atoms with van der Waals surface area (Å²) in [5.74, 6) is -1.53. The first kappa shape index (κ1) is 19.6. The zero-order valence-electron chi connectivity index (χ0n) is 14.8. The second-order valence-electron chi connectivity index (χ2n) is 5.94. The van der Waals surface area contributed by atoms with Gasteiger partial charge in [0.2, 0.25) is 10.0 Å². The van der Waals surface area contributed by atoms with Gasteiger partial charge in [-0.3, -0.25) is 9.59 Å². The molecule has 2 N–H and O–H groups in total. The summed E-state index contributed by atoms with van der Waals surface area (Å²) in [6.07, 6.45) is 0. The predicted octanol–water partition coefficient (Wildman–Crippen LogP) is 1.50. The molecule has 0 atom stereocenters. The third kappa shape index (κ3) is 4.90. The van der Waals surface area contributed by atoms with Gasteiger partial charge in [0.1, 0.15) is 0 Å². The van der Waals surface area contributed by atoms with Crippen LogP contribution in [-0.2, 0) is 26.2 Å². The minimum atomic E-state index is -3.49. The lowest BCUT2D eigenvalue weighted by molar-refractivity contribution is -0.136. The van der Waals surface area contributed by atoms with Crippen LogP contribution in [0, 0.1) is 6.92 Å². The molecule has 0 radical (unpaired) electrons. The van der Waals surface area contributed by atoms with Crippen LogP contribution in [-0.4, -0.2) is 38.6 Å². The van der Waals surface area contributed by atoms with Gasteiger partial charge in [0, 0.05) is 26.3 Å². The Bertz CT molecular complexity index is 906. The van der Waals surface area contributed by atoms with Gasteiger partial charge >= 0.3 is 11.8 Å². The fraction of sp³-hybridized carbons (Fsp3) is 0.222. The second-order valence-corrected chi connectivity index (χ2v) is 8.09. The van der Waals surface area contributed by atoms with Crippen LogP contribution in [0.3, 0.4) is 0 Å². The number of carbonyl (C=O) groups is 2. The molecule has 0 heterocycles. The molecule has 2 amide bonds. The maximum atomic E-state index is 12.0. The number of hydrogen-bond acceptors (Lipinski definition) is 4. The van der Waals surface area contributed by atoms with Crippen molar-refractivity contribution < 1.29 is 18.0 Å². The van der Waals surface area contributed by atoms with Gasteiger partial charge < -0.3 is 10.6 Å². The fourth-order valence-corrected chi connectivity index (χ4v) is 3.07. The average Bonchev–Trinajstić information content (AvgIpc) is 2.59. The Labute approximate surface area is 153 Å². The summed E-state index contributed by atoms with van der Waals surface area (Å²) in [6.45, 7) is 2.00. The molecule has 0 fully saturated rings. The van der Waals surface area contributed by atoms with Crippen LogP contribution >= 0.6 is 0 Å². The topological polar surface area (TPSA) is 95.6 Å². The lowest BCUT2D eigenvalue weighted by Crippen LogP contribution is -2.35. The Morgan fingerprint density at radius 1 is 1.00 bits per heavy atom. The first-order chi connectivity index (χ1) is 12.2. The Kier molecular flexibility index (Phi) is 6.12. The summed E-state index contributed by atoms with van der Waals surface area (Å²) in [5.41, 5.74) is 2.19. The van der Waals surface area contributed by atoms with Gasteiger partial charge in [0.25, 0.3) is 0 Å². The van der Waals surface area contributed by atoms with E-state index >= 15 is 0 Å². The van der Waals surface area contributed by atoms with Crippen LogP contribution in [0.2, 0.25) is 0 Å². The van der Waals surface area contributed by atoms with Crippen molar-refractivity contribution in [2.75, 3.05) is 19.4 Å². The minimum Gasteiger partial charge on any atom is -0.344 e. The largest absolute Gasteiger partial charge is 0.344 e. The molecule has 7 nitrogen and oxygen atoms in total. The van der Waals surface area contributed by atoms with Gasteiger partial charge in [-0.15, -0.1) is 0 Å². The second kappa shape index (κ2) is 8.11. The Morgan fingerprint density at radius 2 is 1.65 bits per heavy atom. The van der Waals surface area contributed by atoms with E-state index in [2.05, 4.69) is 10.6 Å². The summed E-state index contributed by atoms with van der Waals surface area (Å²) in [4.78, 5) is 24.0. The van der Waals surface area contributed by atoms with E-state index in [9.17, 15) is 18.0 Å². The van der Waals surface area contributed by atoms with Crippen molar-refractivity contribution in [2.45, 2.75) is 18.4 Å². The molecule has 0 bridgehead atoms. The normalized spacial score (nSPS) is 11.2. The first-order valence-corrected chi connectivity index (χ1v) is 9.31. The average molecular weight is 375 g/mol. The van der Waals surface area contributed by atoms with Crippen molar-refractivity contribution in [2.24, 2.45) is 0 Å². The number of nitrogens with one attached hydrogen (secondary N) is 2. The van der Waals surface area contributed by atoms with Crippen molar-refractivity contribution >= 4 is 27.5 Å². The van der Waals surface area contributed by atoms with Crippen molar-refractivity contribution in [1.29, 1.82) is 0 Å². The van der Waals surface area contributed by atoms with Crippen molar-refractivity contribution in [3.8, 4) is 0 Å². The number of nitrogens with zero attached hydrogens (tertiary/aromatic N) is 1. The van der Waals surface area contributed by atoms with E-state index in [-0.39, 0.29) is 11.4 Å². The van der Waals surface area contributed by atoms with Crippen LogP contribution < -0.4 is 10.6 Å². The third-order valence-electron chi connectivity index (χ3n) is 3.64. The highest BCUT2D eigenvalue weighted by molar-refractivity contribution is 7.89. The number of hydrogen-bond donors (Lipinski definition) is 2. The van der Waals surface area contributed by atoms with Gasteiger partial charge in [0.15, 0.2) is 0 Å². The SMILES string of the molecule is Cc1cccc(NC(=O)C(=O)NCc2ccc(S(=O)(=O)N(C)C)cc2)c1. The van der Waals surface area contributed by atoms with Crippen LogP contribution in [0.1, 0.15) is 11.1 Å². The van der Waals surface area contributed by atoms with Gasteiger partial charge in [-0.05, 0) is 42.3 Å². The molecule has 0 saturated carbocycles. The smallest absolute Gasteiger partial charge is 0.313 e. The highest BCUT2D eigenvalue weighted by Gasteiger charge is 2.17. The summed E-state index contributed by atoms with van der Waals surface area (Å²) in [5, 5.41) is 5.03. The Hall–Kier alpha value is -2.71. The minimum absolute atomic E-state index is 0.113. The summed E-state index contributed by atoms with van der Waals surface area (Å²) < 4.78 is 25.1. The molecule has 26 heavy (non-hydrogen) atoms. The van der Waals surface area contributed by atoms with E-state index < -0.39 is 21.8 Å². The zero-order chi connectivity index (χ0) is 19.3. The number of rotatable bonds is 5.